The van der Waals surface area contributed by atoms with Crippen LogP contribution < -0.4 is 0 Å². The van der Waals surface area contributed by atoms with Crippen molar-refractivity contribution in [3.8, 4) is 89.0 Å². The molecule has 0 heterocycles. The van der Waals surface area contributed by atoms with Gasteiger partial charge in [0.05, 0.1) is 0 Å². The lowest BCUT2D eigenvalue weighted by Gasteiger charge is -2.19. The lowest BCUT2D eigenvalue weighted by molar-refractivity contribution is 1.47. The van der Waals surface area contributed by atoms with E-state index in [2.05, 4.69) is 496 Å². The van der Waals surface area contributed by atoms with Crippen molar-refractivity contribution < 1.29 is 0 Å². The third kappa shape index (κ3) is 14.2. The van der Waals surface area contributed by atoms with Gasteiger partial charge in [-0.1, -0.05) is 338 Å². The molecule has 0 radical (unpaired) electrons. The van der Waals surface area contributed by atoms with E-state index in [9.17, 15) is 0 Å². The molecule has 0 spiro atoms. The molecule has 28 rings (SSSR count). The van der Waals surface area contributed by atoms with Gasteiger partial charge in [-0.25, -0.2) is 0 Å². The van der Waals surface area contributed by atoms with E-state index >= 15 is 0 Å². The molecule has 0 atom stereocenters. The van der Waals surface area contributed by atoms with Gasteiger partial charge in [0.2, 0.25) is 0 Å². The minimum atomic E-state index is 1.26. The number of fused-ring (bicyclic) bond motifs is 8. The molecule has 0 saturated carbocycles. The standard InChI is InChI=1S/2C36H28.2C34H24/c1-21-5-11-25(12-6-21)27-17-31-23(3)9-16-30-34-20-28(26-13-7-22(2)8-14-26)18-32-24(4)10-15-29(36(32)34)33(19-27)35(30)31;1-21-5-11-25(12-6-21)27-17-31-23(3)9-15-29-30-16-10-24(4)32-18-28(26-13-7-22(2)8-14-26)20-34(36(30)32)33(19-27)35(29)31;1-21-13-15-27-32-20-26(24-11-7-4-8-12-24)18-30-22(2)14-16-28(34(30)32)31-19-25(17-29(21)33(27)31)23-9-5-3-6-10-23;1-21-13-15-27-28-16-14-22(2)30-18-26(24-11-7-4-8-12-24)20-32(34(28)30)31-19-25(17-29(21)33(27)31)23-9-5-3-6-10-23/h2*5-20H,1-4H3;2*3-20H,1-2H3. The molecule has 0 fully saturated rings. The van der Waals surface area contributed by atoms with E-state index in [0.717, 1.165) is 0 Å². The van der Waals surface area contributed by atoms with E-state index in [1.807, 2.05) is 0 Å². The first-order valence-corrected chi connectivity index (χ1v) is 49.5. The lowest BCUT2D eigenvalue weighted by Crippen LogP contribution is -1.92. The second-order valence-electron chi connectivity index (χ2n) is 39.9. The normalized spacial score (nSPS) is 11.9. The van der Waals surface area contributed by atoms with Crippen LogP contribution in [-0.4, -0.2) is 0 Å². The number of hydrogen-bond donors (Lipinski definition) is 0. The minimum Gasteiger partial charge on any atom is -0.0622 e. The number of hydrogen-bond acceptors (Lipinski definition) is 0. The summed E-state index contributed by atoms with van der Waals surface area (Å²) in [5.41, 5.74) is 36.1. The van der Waals surface area contributed by atoms with Crippen LogP contribution in [0, 0.1) is 83.1 Å². The van der Waals surface area contributed by atoms with Crippen LogP contribution in [0.2, 0.25) is 0 Å². The molecule has 0 aliphatic carbocycles. The van der Waals surface area contributed by atoms with E-state index in [1.165, 1.54) is 328 Å². The van der Waals surface area contributed by atoms with Crippen molar-refractivity contribution in [2.45, 2.75) is 83.1 Å². The predicted octanol–water partition coefficient (Wildman–Crippen LogP) is 40.0. The summed E-state index contributed by atoms with van der Waals surface area (Å²) >= 11 is 0. The second kappa shape index (κ2) is 33.7. The van der Waals surface area contributed by atoms with Gasteiger partial charge in [0.25, 0.3) is 0 Å². The van der Waals surface area contributed by atoms with E-state index in [-0.39, 0.29) is 0 Å². The third-order valence-corrected chi connectivity index (χ3v) is 30.9. The fourth-order valence-electron chi connectivity index (χ4n) is 23.3. The van der Waals surface area contributed by atoms with Gasteiger partial charge < -0.3 is 0 Å². The van der Waals surface area contributed by atoms with Crippen molar-refractivity contribution in [3.05, 3.63) is 479 Å². The Bertz CT molecular complexity index is 9190. The van der Waals surface area contributed by atoms with E-state index in [4.69, 9.17) is 0 Å². The van der Waals surface area contributed by atoms with Gasteiger partial charge in [-0.3, -0.25) is 0 Å². The largest absolute Gasteiger partial charge is 0.0622 e. The Labute approximate surface area is 817 Å². The Morgan fingerprint density at radius 1 is 0.0857 bits per heavy atom. The molecule has 0 aliphatic heterocycles. The zero-order chi connectivity index (χ0) is 94.7. The van der Waals surface area contributed by atoms with Crippen LogP contribution in [0.1, 0.15) is 66.8 Å². The Morgan fingerprint density at radius 3 is 0.343 bits per heavy atom. The topological polar surface area (TPSA) is 0 Å². The molecule has 140 heavy (non-hydrogen) atoms. The van der Waals surface area contributed by atoms with Gasteiger partial charge in [-0.2, -0.15) is 0 Å². The average molecular weight is 1790 g/mol. The van der Waals surface area contributed by atoms with Crippen molar-refractivity contribution in [2.75, 3.05) is 0 Å². The van der Waals surface area contributed by atoms with E-state index in [0.29, 0.717) is 0 Å². The van der Waals surface area contributed by atoms with Gasteiger partial charge in [0.15, 0.2) is 0 Å². The third-order valence-electron chi connectivity index (χ3n) is 30.9. The number of aryl methyl sites for hydroxylation is 12. The van der Waals surface area contributed by atoms with Crippen LogP contribution in [0.15, 0.2) is 413 Å². The van der Waals surface area contributed by atoms with Gasteiger partial charge in [-0.05, 0) is 486 Å². The Morgan fingerprint density at radius 2 is 0.200 bits per heavy atom. The maximum absolute atomic E-state index is 2.43. The Hall–Kier alpha value is -16.6. The first-order valence-electron chi connectivity index (χ1n) is 49.5. The maximum atomic E-state index is 2.43. The first-order chi connectivity index (χ1) is 68.3. The molecule has 0 N–H and O–H groups in total. The summed E-state index contributed by atoms with van der Waals surface area (Å²) in [5.74, 6) is 0. The monoisotopic (exact) mass is 1780 g/mol. The molecular weight excluding hydrogens is 1680 g/mol. The van der Waals surface area contributed by atoms with Crippen LogP contribution in [0.5, 0.6) is 0 Å². The molecule has 0 nitrogen and oxygen atoms in total. The summed E-state index contributed by atoms with van der Waals surface area (Å²) in [4.78, 5) is 0. The van der Waals surface area contributed by atoms with Gasteiger partial charge in [0.1, 0.15) is 0 Å². The SMILES string of the molecule is Cc1ccc(-c2cc3c(C)ccc4c5cc(-c6ccc(C)cc6)cc6c(C)ccc(c(c2)c34)c65)cc1.Cc1ccc(-c2cc3c(C)ccc4c5ccc(C)c6cc(-c7ccc(C)cc7)cc(c(c2)c34)c65)cc1.Cc1ccc2c3cc(-c4ccccc4)cc4c(C)ccc(c5cc(-c6ccccc6)cc1c25)c43.Cc1ccc2c3ccc(C)c4cc(-c5ccccc5)cc(c5cc(-c6ccccc6)cc1c25)c43. The van der Waals surface area contributed by atoms with Crippen LogP contribution in [0.3, 0.4) is 0 Å². The van der Waals surface area contributed by atoms with Gasteiger partial charge >= 0.3 is 0 Å². The van der Waals surface area contributed by atoms with Gasteiger partial charge in [-0.15, -0.1) is 0 Å². The van der Waals surface area contributed by atoms with Crippen LogP contribution in [0.4, 0.5) is 0 Å². The Kier molecular flexibility index (Phi) is 20.5. The van der Waals surface area contributed by atoms with E-state index in [1.54, 1.807) is 0 Å². The highest BCUT2D eigenvalue weighted by Crippen LogP contribution is 2.52. The van der Waals surface area contributed by atoms with Crippen molar-refractivity contribution in [2.24, 2.45) is 0 Å². The van der Waals surface area contributed by atoms with Crippen molar-refractivity contribution in [1.82, 2.24) is 0 Å². The zero-order valence-corrected chi connectivity index (χ0v) is 81.3. The van der Waals surface area contributed by atoms with Gasteiger partial charge in [0, 0.05) is 0 Å². The summed E-state index contributed by atoms with van der Waals surface area (Å²) < 4.78 is 0. The molecule has 0 bridgehead atoms. The van der Waals surface area contributed by atoms with Crippen LogP contribution in [0.25, 0.3) is 261 Å². The van der Waals surface area contributed by atoms with E-state index < -0.39 is 0 Å². The molecule has 0 aliphatic rings. The fraction of sp³-hybridized carbons (Fsp3) is 0.0857. The highest BCUT2D eigenvalue weighted by Gasteiger charge is 2.25. The second-order valence-corrected chi connectivity index (χ2v) is 39.9. The molecule has 0 amide bonds. The highest BCUT2D eigenvalue weighted by atomic mass is 14.3. The molecule has 0 saturated heterocycles. The summed E-state index contributed by atoms with van der Waals surface area (Å²) in [5, 5.41) is 43.3. The predicted molar refractivity (Wildman–Crippen MR) is 611 cm³/mol. The minimum absolute atomic E-state index is 1.26. The lowest BCUT2D eigenvalue weighted by atomic mass is 9.84. The highest BCUT2D eigenvalue weighted by molar-refractivity contribution is 6.39. The van der Waals surface area contributed by atoms with Crippen molar-refractivity contribution in [1.29, 1.82) is 0 Å². The quantitative estimate of drug-likeness (QED) is 0.105. The molecule has 0 unspecified atom stereocenters. The van der Waals surface area contributed by atoms with Crippen LogP contribution >= 0.6 is 0 Å². The molecule has 0 heteroatoms. The zero-order valence-electron chi connectivity index (χ0n) is 81.3. The molecule has 0 aromatic heterocycles. The van der Waals surface area contributed by atoms with Crippen molar-refractivity contribution >= 4 is 172 Å². The average Bonchev–Trinajstić information content (AvgIpc) is 0.719. The summed E-state index contributed by atoms with van der Waals surface area (Å²) in [6, 6.07) is 154. The van der Waals surface area contributed by atoms with Crippen LogP contribution in [-0.2, 0) is 0 Å². The Balaban J connectivity index is 0.0000000986. The molecule has 28 aromatic rings. The summed E-state index contributed by atoms with van der Waals surface area (Å²) in [6.07, 6.45) is 0. The first kappa shape index (κ1) is 85.1. The van der Waals surface area contributed by atoms with Crippen molar-refractivity contribution in [3.63, 3.8) is 0 Å². The molecule has 664 valence electrons. The maximum Gasteiger partial charge on any atom is -0.00233 e. The molecular formula is C140H104. The fourth-order valence-corrected chi connectivity index (χ4v) is 23.3. The smallest absolute Gasteiger partial charge is 0.00233 e. The number of rotatable bonds is 8. The molecule has 28 aromatic carbocycles. The number of benzene rings is 28. The summed E-state index contributed by atoms with van der Waals surface area (Å²) in [7, 11) is 0. The summed E-state index contributed by atoms with van der Waals surface area (Å²) in [6.45, 7) is 26.5.